The molecule has 0 aliphatic carbocycles. The first-order valence-electron chi connectivity index (χ1n) is 12.3. The number of para-hydroxylation sites is 2. The number of halogens is 2. The predicted octanol–water partition coefficient (Wildman–Crippen LogP) is 10.5. The van der Waals surface area contributed by atoms with Crippen LogP contribution in [0.2, 0.25) is 0 Å². The van der Waals surface area contributed by atoms with Crippen molar-refractivity contribution in [2.24, 2.45) is 9.98 Å². The zero-order valence-electron chi connectivity index (χ0n) is 21.8. The average molecular weight is 613 g/mol. The van der Waals surface area contributed by atoms with Gasteiger partial charge in [-0.05, 0) is 98.8 Å². The van der Waals surface area contributed by atoms with E-state index in [1.165, 1.54) is 0 Å². The van der Waals surface area contributed by atoms with Gasteiger partial charge in [-0.3, -0.25) is 0 Å². The van der Waals surface area contributed by atoms with E-state index in [0.717, 1.165) is 45.8 Å². The molecule has 0 saturated heterocycles. The van der Waals surface area contributed by atoms with Crippen LogP contribution in [0, 0.1) is 0 Å². The van der Waals surface area contributed by atoms with Crippen LogP contribution in [0.1, 0.15) is 25.4 Å². The second-order valence-electron chi connectivity index (χ2n) is 8.43. The van der Waals surface area contributed by atoms with E-state index >= 15 is 0 Å². The number of nitrogens with zero attached hydrogens (tertiary/aromatic N) is 2. The molecule has 0 unspecified atom stereocenters. The fourth-order valence-electron chi connectivity index (χ4n) is 3.65. The number of furan rings is 1. The molecular weight excluding hydrogens is 587 g/mol. The molecule has 0 N–H and O–H groups in total. The molecular formula is C32H26Cl2FeN2O3. The Kier molecular flexibility index (Phi) is 11.0. The summed E-state index contributed by atoms with van der Waals surface area (Å²) < 4.78 is 17.7. The van der Waals surface area contributed by atoms with Gasteiger partial charge >= 0.3 is 33.3 Å². The van der Waals surface area contributed by atoms with Crippen molar-refractivity contribution in [2.75, 3.05) is 0 Å². The van der Waals surface area contributed by atoms with Gasteiger partial charge in [0.1, 0.15) is 34.5 Å². The van der Waals surface area contributed by atoms with Crippen molar-refractivity contribution in [3.63, 3.8) is 0 Å². The molecule has 5 nitrogen and oxygen atoms in total. The van der Waals surface area contributed by atoms with Crippen LogP contribution in [-0.4, -0.2) is 11.4 Å². The zero-order chi connectivity index (χ0) is 28.2. The van der Waals surface area contributed by atoms with Crippen LogP contribution in [0.4, 0.5) is 11.4 Å². The standard InChI is InChI=1S/C32H26N2O3.2ClH.Fe/c1-23(33-25-13-17-29(18-14-25)35-27-9-5-3-6-10-27)31-21-22-32(37-31)24(2)34-26-15-19-30(20-16-26)36-28-11-7-4-8-12-28;;;/h3-22H,1-2H3;2*1H;/q;;;+2/p-2. The summed E-state index contributed by atoms with van der Waals surface area (Å²) in [5.74, 6) is 4.50. The molecule has 0 atom stereocenters. The molecule has 1 aromatic heterocycles. The summed E-state index contributed by atoms with van der Waals surface area (Å²) in [6.07, 6.45) is 0. The molecule has 1 heterocycles. The maximum atomic E-state index is 6.05. The molecule has 204 valence electrons. The van der Waals surface area contributed by atoms with E-state index < -0.39 is 0 Å². The van der Waals surface area contributed by atoms with E-state index in [9.17, 15) is 0 Å². The van der Waals surface area contributed by atoms with Crippen molar-refractivity contribution in [1.29, 1.82) is 0 Å². The van der Waals surface area contributed by atoms with Crippen molar-refractivity contribution in [3.8, 4) is 23.0 Å². The molecule has 0 aliphatic heterocycles. The number of ether oxygens (including phenoxy) is 2. The topological polar surface area (TPSA) is 56.3 Å². The number of rotatable bonds is 8. The maximum absolute atomic E-state index is 6.05. The summed E-state index contributed by atoms with van der Waals surface area (Å²) in [5.41, 5.74) is 3.19. The fraction of sp³-hybridized carbons (Fsp3) is 0.0625. The Labute approximate surface area is 248 Å². The monoisotopic (exact) mass is 612 g/mol. The van der Waals surface area contributed by atoms with Gasteiger partial charge < -0.3 is 13.9 Å². The van der Waals surface area contributed by atoms with Crippen molar-refractivity contribution in [2.45, 2.75) is 13.8 Å². The van der Waals surface area contributed by atoms with Crippen LogP contribution in [0.25, 0.3) is 0 Å². The second-order valence-corrected chi connectivity index (χ2v) is 10.3. The van der Waals surface area contributed by atoms with Crippen LogP contribution >= 0.6 is 20.2 Å². The molecule has 0 saturated carbocycles. The van der Waals surface area contributed by atoms with Gasteiger partial charge in [-0.2, -0.15) is 0 Å². The number of benzene rings is 4. The van der Waals surface area contributed by atoms with Crippen molar-refractivity contribution < 1.29 is 27.0 Å². The van der Waals surface area contributed by atoms with E-state index in [2.05, 4.69) is 0 Å². The third-order valence-electron chi connectivity index (χ3n) is 5.54. The molecule has 0 fully saturated rings. The molecule has 5 aromatic rings. The fourth-order valence-corrected chi connectivity index (χ4v) is 3.65. The van der Waals surface area contributed by atoms with Gasteiger partial charge in [0.2, 0.25) is 0 Å². The SMILES string of the molecule is CC(=Nc1ccc(Oc2ccccc2)cc1)c1ccc(C(C)=Nc2ccc(Oc3ccccc3)cc2)o1.[Cl][Fe][Cl]. The first-order valence-corrected chi connectivity index (χ1v) is 15.3. The van der Waals surface area contributed by atoms with E-state index in [1.54, 1.807) is 0 Å². The van der Waals surface area contributed by atoms with Gasteiger partial charge in [0.25, 0.3) is 0 Å². The second kappa shape index (κ2) is 15.1. The molecule has 0 amide bonds. The van der Waals surface area contributed by atoms with E-state index in [0.29, 0.717) is 11.5 Å². The Hall–Kier alpha value is -3.80. The minimum atomic E-state index is 0.194. The third-order valence-corrected chi connectivity index (χ3v) is 5.54. The summed E-state index contributed by atoms with van der Waals surface area (Å²) >= 11 is 0.194. The molecule has 8 heteroatoms. The van der Waals surface area contributed by atoms with E-state index in [1.807, 2.05) is 135 Å². The van der Waals surface area contributed by atoms with Gasteiger partial charge in [0.15, 0.2) is 0 Å². The molecule has 0 radical (unpaired) electrons. The molecule has 4 aromatic carbocycles. The molecule has 0 aliphatic rings. The van der Waals surface area contributed by atoms with Crippen molar-refractivity contribution in [3.05, 3.63) is 133 Å². The van der Waals surface area contributed by atoms with Gasteiger partial charge in [-0.25, -0.2) is 9.98 Å². The Balaban J connectivity index is 0.00000118. The Morgan fingerprint density at radius 1 is 0.525 bits per heavy atom. The van der Waals surface area contributed by atoms with Crippen LogP contribution < -0.4 is 9.47 Å². The predicted molar refractivity (Wildman–Crippen MR) is 160 cm³/mol. The number of aliphatic imine (C=N–C) groups is 2. The Bertz CT molecular complexity index is 1420. The average Bonchev–Trinajstić information content (AvgIpc) is 3.48. The van der Waals surface area contributed by atoms with Gasteiger partial charge in [-0.15, -0.1) is 0 Å². The van der Waals surface area contributed by atoms with Gasteiger partial charge in [0.05, 0.1) is 22.8 Å². The summed E-state index contributed by atoms with van der Waals surface area (Å²) in [7, 11) is 9.53. The van der Waals surface area contributed by atoms with Crippen LogP contribution in [0.5, 0.6) is 23.0 Å². The summed E-state index contributed by atoms with van der Waals surface area (Å²) in [6, 6.07) is 38.5. The number of hydrogen-bond acceptors (Lipinski definition) is 5. The van der Waals surface area contributed by atoms with Crippen molar-refractivity contribution in [1.82, 2.24) is 0 Å². The Morgan fingerprint density at radius 2 is 0.850 bits per heavy atom. The van der Waals surface area contributed by atoms with Crippen LogP contribution in [0.15, 0.2) is 136 Å². The van der Waals surface area contributed by atoms with Crippen molar-refractivity contribution >= 4 is 43.0 Å². The quantitative estimate of drug-likeness (QED) is 0.129. The van der Waals surface area contributed by atoms with Crippen LogP contribution in [0.3, 0.4) is 0 Å². The molecule has 0 spiro atoms. The van der Waals surface area contributed by atoms with Gasteiger partial charge in [-0.1, -0.05) is 36.4 Å². The summed E-state index contributed by atoms with van der Waals surface area (Å²) in [5, 5.41) is 0. The summed E-state index contributed by atoms with van der Waals surface area (Å²) in [6.45, 7) is 3.85. The first kappa shape index (κ1) is 29.2. The summed E-state index contributed by atoms with van der Waals surface area (Å²) in [4.78, 5) is 9.38. The molecule has 40 heavy (non-hydrogen) atoms. The third kappa shape index (κ3) is 8.87. The minimum absolute atomic E-state index is 0.194. The van der Waals surface area contributed by atoms with Gasteiger partial charge in [0, 0.05) is 0 Å². The van der Waals surface area contributed by atoms with E-state index in [4.69, 9.17) is 44.1 Å². The van der Waals surface area contributed by atoms with Crippen LogP contribution in [-0.2, 0) is 13.1 Å². The zero-order valence-corrected chi connectivity index (χ0v) is 24.4. The normalized spacial score (nSPS) is 11.5. The first-order chi connectivity index (χ1) is 19.5. The van der Waals surface area contributed by atoms with E-state index in [-0.39, 0.29) is 13.1 Å². The molecule has 5 rings (SSSR count). The molecule has 0 bridgehead atoms. The number of hydrogen-bond donors (Lipinski definition) is 0. The Morgan fingerprint density at radius 3 is 1.20 bits per heavy atom.